The van der Waals surface area contributed by atoms with E-state index in [1.54, 1.807) is 0 Å². The van der Waals surface area contributed by atoms with E-state index in [0.717, 1.165) is 68.3 Å². The Morgan fingerprint density at radius 2 is 2.17 bits per heavy atom. The number of guanidine groups is 1. The first-order valence-corrected chi connectivity index (χ1v) is 10.9. The second-order valence-electron chi connectivity index (χ2n) is 7.77. The number of aliphatic imine (C=N–C) groups is 1. The number of benzene rings is 1. The molecule has 1 aromatic heterocycles. The van der Waals surface area contributed by atoms with Crippen molar-refractivity contribution in [2.75, 3.05) is 33.4 Å². The molecule has 2 unspecified atom stereocenters. The third-order valence-electron chi connectivity index (χ3n) is 5.55. The summed E-state index contributed by atoms with van der Waals surface area (Å²) in [6.07, 6.45) is 4.33. The van der Waals surface area contributed by atoms with Crippen molar-refractivity contribution in [3.05, 3.63) is 35.7 Å². The summed E-state index contributed by atoms with van der Waals surface area (Å²) in [7, 11) is 1.82. The van der Waals surface area contributed by atoms with Crippen LogP contribution >= 0.6 is 0 Å². The van der Waals surface area contributed by atoms with Crippen LogP contribution < -0.4 is 5.32 Å². The molecule has 2 atom stereocenters. The van der Waals surface area contributed by atoms with Gasteiger partial charge in [0.1, 0.15) is 6.10 Å². The molecule has 1 N–H and O–H groups in total. The molecule has 2 fully saturated rings. The Morgan fingerprint density at radius 3 is 2.97 bits per heavy atom. The minimum absolute atomic E-state index is 0.109. The van der Waals surface area contributed by atoms with Gasteiger partial charge in [-0.1, -0.05) is 24.2 Å². The van der Waals surface area contributed by atoms with E-state index in [-0.39, 0.29) is 12.2 Å². The zero-order valence-electron chi connectivity index (χ0n) is 17.8. The molecule has 0 aliphatic carbocycles. The van der Waals surface area contributed by atoms with E-state index in [4.69, 9.17) is 14.0 Å². The van der Waals surface area contributed by atoms with E-state index in [9.17, 15) is 0 Å². The summed E-state index contributed by atoms with van der Waals surface area (Å²) < 4.78 is 17.2. The summed E-state index contributed by atoms with van der Waals surface area (Å²) >= 11 is 0. The van der Waals surface area contributed by atoms with Crippen molar-refractivity contribution in [3.63, 3.8) is 0 Å². The fourth-order valence-electron chi connectivity index (χ4n) is 4.01. The van der Waals surface area contributed by atoms with Gasteiger partial charge in [0.2, 0.25) is 0 Å². The lowest BCUT2D eigenvalue weighted by atomic mass is 10.1. The molecule has 4 rings (SSSR count). The zero-order valence-corrected chi connectivity index (χ0v) is 17.8. The minimum Gasteiger partial charge on any atom is -0.375 e. The Morgan fingerprint density at radius 1 is 1.27 bits per heavy atom. The van der Waals surface area contributed by atoms with Crippen LogP contribution in [-0.2, 0) is 22.4 Å². The van der Waals surface area contributed by atoms with Crippen molar-refractivity contribution in [2.24, 2.45) is 4.99 Å². The monoisotopic (exact) mass is 413 g/mol. The number of ether oxygens (including phenoxy) is 2. The zero-order chi connectivity index (χ0) is 20.8. The molecule has 0 amide bonds. The maximum absolute atomic E-state index is 5.96. The van der Waals surface area contributed by atoms with Gasteiger partial charge in [0.15, 0.2) is 11.8 Å². The molecule has 162 valence electrons. The van der Waals surface area contributed by atoms with E-state index in [1.165, 1.54) is 0 Å². The first-order chi connectivity index (χ1) is 14.8. The molecular weight excluding hydrogens is 382 g/mol. The molecule has 2 saturated heterocycles. The molecule has 2 aliphatic heterocycles. The molecule has 0 bridgehead atoms. The molecule has 0 radical (unpaired) electrons. The van der Waals surface area contributed by atoms with Crippen LogP contribution in [0.5, 0.6) is 0 Å². The molecule has 30 heavy (non-hydrogen) atoms. The quantitative estimate of drug-likeness (QED) is 0.576. The highest BCUT2D eigenvalue weighted by molar-refractivity contribution is 5.80. The standard InChI is InChI=1S/C22H31N5O3/c1-3-6-20-25-21(30-26-20)17-8-4-7-16(13-17)14-24-22(23-2)27-10-12-29-19(15-27)18-9-5-11-28-18/h4,7-8,13,18-19H,3,5-6,9-12,14-15H2,1-2H3,(H,23,24). The Balaban J connectivity index is 1.37. The normalized spacial score (nSPS) is 22.5. The summed E-state index contributed by atoms with van der Waals surface area (Å²) in [6, 6.07) is 8.18. The van der Waals surface area contributed by atoms with E-state index in [1.807, 2.05) is 19.2 Å². The lowest BCUT2D eigenvalue weighted by molar-refractivity contribution is -0.0817. The number of rotatable bonds is 6. The maximum atomic E-state index is 5.96. The number of aryl methyl sites for hydroxylation is 1. The molecular formula is C22H31N5O3. The van der Waals surface area contributed by atoms with Crippen LogP contribution in [0.1, 0.15) is 37.6 Å². The maximum Gasteiger partial charge on any atom is 0.257 e. The van der Waals surface area contributed by atoms with E-state index < -0.39 is 0 Å². The topological polar surface area (TPSA) is 85.0 Å². The summed E-state index contributed by atoms with van der Waals surface area (Å²) in [6.45, 7) is 5.93. The second-order valence-corrected chi connectivity index (χ2v) is 7.77. The number of hydrogen-bond acceptors (Lipinski definition) is 6. The average Bonchev–Trinajstić information content (AvgIpc) is 3.48. The van der Waals surface area contributed by atoms with Crippen molar-refractivity contribution < 1.29 is 14.0 Å². The van der Waals surface area contributed by atoms with Crippen LogP contribution in [0.4, 0.5) is 0 Å². The van der Waals surface area contributed by atoms with Crippen LogP contribution in [0.15, 0.2) is 33.8 Å². The minimum atomic E-state index is 0.109. The first kappa shape index (κ1) is 20.8. The van der Waals surface area contributed by atoms with Gasteiger partial charge in [0.05, 0.1) is 12.7 Å². The number of nitrogens with one attached hydrogen (secondary N) is 1. The van der Waals surface area contributed by atoms with E-state index in [2.05, 4.69) is 44.4 Å². The van der Waals surface area contributed by atoms with Gasteiger partial charge in [-0.3, -0.25) is 4.99 Å². The SMILES string of the molecule is CCCc1noc(-c2cccc(CNC(=NC)N3CCOC(C4CCCO4)C3)c2)n1. The Labute approximate surface area is 177 Å². The fraction of sp³-hybridized carbons (Fsp3) is 0.591. The van der Waals surface area contributed by atoms with Gasteiger partial charge >= 0.3 is 0 Å². The van der Waals surface area contributed by atoms with Crippen LogP contribution in [0.25, 0.3) is 11.5 Å². The summed E-state index contributed by atoms with van der Waals surface area (Å²) in [5.74, 6) is 2.21. The van der Waals surface area contributed by atoms with Crippen molar-refractivity contribution in [1.29, 1.82) is 0 Å². The van der Waals surface area contributed by atoms with Crippen LogP contribution in [0, 0.1) is 0 Å². The van der Waals surface area contributed by atoms with Gasteiger partial charge in [0.25, 0.3) is 5.89 Å². The molecule has 8 nitrogen and oxygen atoms in total. The highest BCUT2D eigenvalue weighted by Gasteiger charge is 2.32. The Hall–Kier alpha value is -2.45. The number of aromatic nitrogens is 2. The highest BCUT2D eigenvalue weighted by Crippen LogP contribution is 2.22. The van der Waals surface area contributed by atoms with Crippen LogP contribution in [0.2, 0.25) is 0 Å². The summed E-state index contributed by atoms with van der Waals surface area (Å²) in [5, 5.41) is 7.53. The van der Waals surface area contributed by atoms with Crippen LogP contribution in [-0.4, -0.2) is 66.6 Å². The van der Waals surface area contributed by atoms with Gasteiger partial charge in [-0.15, -0.1) is 0 Å². The predicted molar refractivity (Wildman–Crippen MR) is 114 cm³/mol. The van der Waals surface area contributed by atoms with Gasteiger partial charge in [-0.2, -0.15) is 4.98 Å². The number of morpholine rings is 1. The molecule has 0 saturated carbocycles. The molecule has 2 aliphatic rings. The third kappa shape index (κ3) is 4.99. The van der Waals surface area contributed by atoms with Gasteiger partial charge in [-0.25, -0.2) is 0 Å². The van der Waals surface area contributed by atoms with Crippen molar-refractivity contribution >= 4 is 5.96 Å². The molecule has 8 heteroatoms. The van der Waals surface area contributed by atoms with E-state index in [0.29, 0.717) is 19.0 Å². The lowest BCUT2D eigenvalue weighted by Crippen LogP contribution is -2.53. The van der Waals surface area contributed by atoms with Gasteiger partial charge in [-0.05, 0) is 37.0 Å². The van der Waals surface area contributed by atoms with Gasteiger partial charge < -0.3 is 24.2 Å². The summed E-state index contributed by atoms with van der Waals surface area (Å²) in [4.78, 5) is 11.2. The van der Waals surface area contributed by atoms with Crippen LogP contribution in [0.3, 0.4) is 0 Å². The third-order valence-corrected chi connectivity index (χ3v) is 5.55. The van der Waals surface area contributed by atoms with Crippen molar-refractivity contribution in [3.8, 4) is 11.5 Å². The molecule has 3 heterocycles. The Bertz CT molecular complexity index is 847. The number of nitrogens with zero attached hydrogens (tertiary/aromatic N) is 4. The molecule has 1 aromatic carbocycles. The fourth-order valence-corrected chi connectivity index (χ4v) is 4.01. The molecule has 0 spiro atoms. The number of hydrogen-bond donors (Lipinski definition) is 1. The smallest absolute Gasteiger partial charge is 0.257 e. The Kier molecular flexibility index (Phi) is 6.96. The van der Waals surface area contributed by atoms with Crippen molar-refractivity contribution in [1.82, 2.24) is 20.4 Å². The second kappa shape index (κ2) is 10.0. The van der Waals surface area contributed by atoms with E-state index >= 15 is 0 Å². The summed E-state index contributed by atoms with van der Waals surface area (Å²) in [5.41, 5.74) is 2.07. The molecule has 2 aromatic rings. The van der Waals surface area contributed by atoms with Gasteiger partial charge in [0, 0.05) is 45.3 Å². The highest BCUT2D eigenvalue weighted by atomic mass is 16.5. The average molecular weight is 414 g/mol. The first-order valence-electron chi connectivity index (χ1n) is 10.9. The lowest BCUT2D eigenvalue weighted by Gasteiger charge is -2.37. The largest absolute Gasteiger partial charge is 0.375 e. The predicted octanol–water partition coefficient (Wildman–Crippen LogP) is 2.64. The van der Waals surface area contributed by atoms with Crippen molar-refractivity contribution in [2.45, 2.75) is 51.4 Å².